The van der Waals surface area contributed by atoms with Gasteiger partial charge in [0.25, 0.3) is 0 Å². The quantitative estimate of drug-likeness (QED) is 0.752. The second kappa shape index (κ2) is 6.14. The zero-order chi connectivity index (χ0) is 14.7. The molecule has 0 radical (unpaired) electrons. The van der Waals surface area contributed by atoms with Gasteiger partial charge in [-0.2, -0.15) is 5.10 Å². The van der Waals surface area contributed by atoms with Crippen molar-refractivity contribution in [2.45, 2.75) is 26.4 Å². The van der Waals surface area contributed by atoms with Crippen LogP contribution in [0.4, 0.5) is 5.69 Å². The van der Waals surface area contributed by atoms with Crippen LogP contribution in [-0.4, -0.2) is 9.78 Å². The molecule has 1 atom stereocenters. The van der Waals surface area contributed by atoms with Gasteiger partial charge < -0.3 is 5.32 Å². The first-order chi connectivity index (χ1) is 10.2. The SMILES string of the molecule is Cc1ccc(C(C)Nc2cnn(Cc3ccccc3)c2)s1. The molecule has 4 heteroatoms. The largest absolute Gasteiger partial charge is 0.375 e. The molecule has 2 heterocycles. The van der Waals surface area contributed by atoms with E-state index in [0.29, 0.717) is 6.04 Å². The third-order valence-electron chi connectivity index (χ3n) is 3.39. The molecule has 0 fully saturated rings. The van der Waals surface area contributed by atoms with Crippen molar-refractivity contribution in [1.29, 1.82) is 0 Å². The number of hydrogen-bond acceptors (Lipinski definition) is 3. The Labute approximate surface area is 129 Å². The maximum absolute atomic E-state index is 4.42. The number of hydrogen-bond donors (Lipinski definition) is 1. The Balaban J connectivity index is 1.65. The van der Waals surface area contributed by atoms with Gasteiger partial charge in [0.05, 0.1) is 24.5 Å². The normalized spacial score (nSPS) is 12.3. The number of benzene rings is 1. The van der Waals surface area contributed by atoms with Crippen molar-refractivity contribution < 1.29 is 0 Å². The molecule has 1 N–H and O–H groups in total. The van der Waals surface area contributed by atoms with Crippen molar-refractivity contribution in [1.82, 2.24) is 9.78 Å². The van der Waals surface area contributed by atoms with Gasteiger partial charge in [0.2, 0.25) is 0 Å². The number of nitrogens with one attached hydrogen (secondary N) is 1. The van der Waals surface area contributed by atoms with Crippen LogP contribution in [-0.2, 0) is 6.54 Å². The molecule has 108 valence electrons. The predicted molar refractivity (Wildman–Crippen MR) is 88.9 cm³/mol. The van der Waals surface area contributed by atoms with Crippen molar-refractivity contribution in [3.05, 3.63) is 70.2 Å². The monoisotopic (exact) mass is 297 g/mol. The summed E-state index contributed by atoms with van der Waals surface area (Å²) in [5.41, 5.74) is 2.32. The zero-order valence-corrected chi connectivity index (χ0v) is 13.1. The summed E-state index contributed by atoms with van der Waals surface area (Å²) in [5.74, 6) is 0. The lowest BCUT2D eigenvalue weighted by Crippen LogP contribution is -2.04. The Kier molecular flexibility index (Phi) is 4.06. The fourth-order valence-corrected chi connectivity index (χ4v) is 3.18. The van der Waals surface area contributed by atoms with Crippen LogP contribution < -0.4 is 5.32 Å². The van der Waals surface area contributed by atoms with E-state index in [1.54, 1.807) is 0 Å². The van der Waals surface area contributed by atoms with Gasteiger partial charge in [-0.15, -0.1) is 11.3 Å². The highest BCUT2D eigenvalue weighted by atomic mass is 32.1. The first kappa shape index (κ1) is 13.9. The highest BCUT2D eigenvalue weighted by molar-refractivity contribution is 7.12. The van der Waals surface area contributed by atoms with Crippen LogP contribution in [0.2, 0.25) is 0 Å². The molecule has 0 aliphatic rings. The summed E-state index contributed by atoms with van der Waals surface area (Å²) in [6.45, 7) is 5.12. The Hall–Kier alpha value is -2.07. The van der Waals surface area contributed by atoms with Gasteiger partial charge in [0.15, 0.2) is 0 Å². The summed E-state index contributed by atoms with van der Waals surface area (Å²) in [4.78, 5) is 2.70. The average molecular weight is 297 g/mol. The van der Waals surface area contributed by atoms with Crippen LogP contribution in [0.15, 0.2) is 54.9 Å². The van der Waals surface area contributed by atoms with Crippen molar-refractivity contribution in [2.75, 3.05) is 5.32 Å². The van der Waals surface area contributed by atoms with Crippen LogP contribution in [0.1, 0.15) is 28.3 Å². The first-order valence-electron chi connectivity index (χ1n) is 7.10. The zero-order valence-electron chi connectivity index (χ0n) is 12.3. The molecule has 0 bridgehead atoms. The molecule has 0 aliphatic heterocycles. The second-order valence-electron chi connectivity index (χ2n) is 5.23. The van der Waals surface area contributed by atoms with Crippen LogP contribution in [0.5, 0.6) is 0 Å². The number of aryl methyl sites for hydroxylation is 1. The fraction of sp³-hybridized carbons (Fsp3) is 0.235. The molecule has 0 saturated carbocycles. The first-order valence-corrected chi connectivity index (χ1v) is 7.91. The molecule has 0 saturated heterocycles. The maximum Gasteiger partial charge on any atom is 0.0731 e. The Morgan fingerprint density at radius 3 is 2.71 bits per heavy atom. The number of nitrogens with zero attached hydrogens (tertiary/aromatic N) is 2. The third-order valence-corrected chi connectivity index (χ3v) is 4.58. The van der Waals surface area contributed by atoms with E-state index in [1.807, 2.05) is 28.3 Å². The molecule has 21 heavy (non-hydrogen) atoms. The van der Waals surface area contributed by atoms with Gasteiger partial charge in [0.1, 0.15) is 0 Å². The van der Waals surface area contributed by atoms with Crippen molar-refractivity contribution in [3.63, 3.8) is 0 Å². The van der Waals surface area contributed by atoms with Crippen LogP contribution in [0.25, 0.3) is 0 Å². The van der Waals surface area contributed by atoms with Gasteiger partial charge in [-0.25, -0.2) is 0 Å². The second-order valence-corrected chi connectivity index (χ2v) is 6.55. The fourth-order valence-electron chi connectivity index (χ4n) is 2.30. The maximum atomic E-state index is 4.42. The Bertz CT molecular complexity index is 700. The summed E-state index contributed by atoms with van der Waals surface area (Å²) in [6, 6.07) is 15.0. The highest BCUT2D eigenvalue weighted by Gasteiger charge is 2.08. The van der Waals surface area contributed by atoms with Crippen molar-refractivity contribution in [3.8, 4) is 0 Å². The highest BCUT2D eigenvalue weighted by Crippen LogP contribution is 2.25. The number of rotatable bonds is 5. The molecule has 3 aromatic rings. The van der Waals surface area contributed by atoms with Gasteiger partial charge in [-0.05, 0) is 31.5 Å². The van der Waals surface area contributed by atoms with E-state index in [1.165, 1.54) is 15.3 Å². The summed E-state index contributed by atoms with van der Waals surface area (Å²) in [5, 5.41) is 7.93. The summed E-state index contributed by atoms with van der Waals surface area (Å²) >= 11 is 1.83. The predicted octanol–water partition coefficient (Wildman–Crippen LogP) is 4.47. The van der Waals surface area contributed by atoms with Gasteiger partial charge in [-0.1, -0.05) is 30.3 Å². The minimum Gasteiger partial charge on any atom is -0.375 e. The molecule has 3 rings (SSSR count). The average Bonchev–Trinajstić information content (AvgIpc) is 3.09. The summed E-state index contributed by atoms with van der Waals surface area (Å²) in [6.07, 6.45) is 3.95. The van der Waals surface area contributed by atoms with Crippen molar-refractivity contribution in [2.24, 2.45) is 0 Å². The number of anilines is 1. The number of thiophene rings is 1. The Morgan fingerprint density at radius 2 is 2.00 bits per heavy atom. The van der Waals surface area contributed by atoms with Crippen molar-refractivity contribution >= 4 is 17.0 Å². The molecule has 1 aromatic carbocycles. The molecule has 0 spiro atoms. The molecule has 0 aliphatic carbocycles. The smallest absolute Gasteiger partial charge is 0.0731 e. The van der Waals surface area contributed by atoms with E-state index in [2.05, 4.69) is 66.9 Å². The van der Waals surface area contributed by atoms with E-state index < -0.39 is 0 Å². The summed E-state index contributed by atoms with van der Waals surface area (Å²) in [7, 11) is 0. The van der Waals surface area contributed by atoms with E-state index in [0.717, 1.165) is 12.2 Å². The van der Waals surface area contributed by atoms with Gasteiger partial charge in [0, 0.05) is 16.0 Å². The van der Waals surface area contributed by atoms with E-state index in [4.69, 9.17) is 0 Å². The molecule has 0 amide bonds. The molecule has 3 nitrogen and oxygen atoms in total. The molecule has 1 unspecified atom stereocenters. The standard InChI is InChI=1S/C17H19N3S/c1-13-8-9-17(21-13)14(2)19-16-10-18-20(12-16)11-15-6-4-3-5-7-15/h3-10,12,14,19H,11H2,1-2H3. The minimum atomic E-state index is 0.304. The molecule has 2 aromatic heterocycles. The minimum absolute atomic E-state index is 0.304. The lowest BCUT2D eigenvalue weighted by molar-refractivity contribution is 0.687. The topological polar surface area (TPSA) is 29.9 Å². The molecular formula is C17H19N3S. The van der Waals surface area contributed by atoms with E-state index >= 15 is 0 Å². The van der Waals surface area contributed by atoms with E-state index in [9.17, 15) is 0 Å². The number of aromatic nitrogens is 2. The Morgan fingerprint density at radius 1 is 1.19 bits per heavy atom. The lowest BCUT2D eigenvalue weighted by atomic mass is 10.2. The summed E-state index contributed by atoms with van der Waals surface area (Å²) < 4.78 is 1.96. The van der Waals surface area contributed by atoms with Crippen LogP contribution >= 0.6 is 11.3 Å². The third kappa shape index (κ3) is 3.52. The van der Waals surface area contributed by atoms with Crippen LogP contribution in [0.3, 0.4) is 0 Å². The van der Waals surface area contributed by atoms with Gasteiger partial charge >= 0.3 is 0 Å². The lowest BCUT2D eigenvalue weighted by Gasteiger charge is -2.11. The van der Waals surface area contributed by atoms with E-state index in [-0.39, 0.29) is 0 Å². The van der Waals surface area contributed by atoms with Gasteiger partial charge in [-0.3, -0.25) is 4.68 Å². The molecular weight excluding hydrogens is 278 g/mol. The van der Waals surface area contributed by atoms with Crippen LogP contribution in [0, 0.1) is 6.92 Å².